The van der Waals surface area contributed by atoms with Gasteiger partial charge in [0.1, 0.15) is 5.69 Å². The number of pyridine rings is 1. The van der Waals surface area contributed by atoms with E-state index in [0.29, 0.717) is 29.4 Å². The highest BCUT2D eigenvalue weighted by Crippen LogP contribution is 2.37. The van der Waals surface area contributed by atoms with E-state index in [1.165, 1.54) is 6.20 Å². The van der Waals surface area contributed by atoms with Crippen LogP contribution < -0.4 is 5.32 Å². The van der Waals surface area contributed by atoms with Crippen molar-refractivity contribution in [1.29, 1.82) is 0 Å². The fourth-order valence-corrected chi connectivity index (χ4v) is 3.69. The maximum absolute atomic E-state index is 11.2. The molecule has 0 aliphatic heterocycles. The average molecular weight is 374 g/mol. The molecule has 0 aliphatic rings. The van der Waals surface area contributed by atoms with Gasteiger partial charge in [-0.1, -0.05) is 32.4 Å². The first-order chi connectivity index (χ1) is 10.9. The minimum atomic E-state index is -1.82. The first kappa shape index (κ1) is 21.0. The van der Waals surface area contributed by atoms with E-state index >= 15 is 0 Å². The molecule has 0 aromatic carbocycles. The number of nitrogens with one attached hydrogen (secondary N) is 1. The molecule has 1 unspecified atom stereocenters. The van der Waals surface area contributed by atoms with Gasteiger partial charge in [-0.05, 0) is 32.0 Å². The first-order valence-electron chi connectivity index (χ1n) is 8.03. The molecule has 0 fully saturated rings. The van der Waals surface area contributed by atoms with Crippen LogP contribution >= 0.6 is 11.6 Å². The predicted molar refractivity (Wildman–Crippen MR) is 100 cm³/mol. The summed E-state index contributed by atoms with van der Waals surface area (Å²) in [7, 11) is -1.82. The van der Waals surface area contributed by atoms with Crippen LogP contribution in [0.4, 0.5) is 5.69 Å². The van der Waals surface area contributed by atoms with E-state index in [0.717, 1.165) is 0 Å². The van der Waals surface area contributed by atoms with E-state index in [2.05, 4.69) is 44.2 Å². The zero-order valence-corrected chi connectivity index (χ0v) is 17.3. The van der Waals surface area contributed by atoms with Crippen LogP contribution in [0.15, 0.2) is 6.20 Å². The highest BCUT2D eigenvalue weighted by atomic mass is 35.5. The van der Waals surface area contributed by atoms with Crippen molar-refractivity contribution in [2.24, 2.45) is 0 Å². The van der Waals surface area contributed by atoms with E-state index in [9.17, 15) is 10.1 Å². The number of halogens is 1. The van der Waals surface area contributed by atoms with Gasteiger partial charge in [0.05, 0.1) is 16.0 Å². The van der Waals surface area contributed by atoms with E-state index in [4.69, 9.17) is 16.0 Å². The maximum atomic E-state index is 11.2. The lowest BCUT2D eigenvalue weighted by molar-refractivity contribution is -0.386. The van der Waals surface area contributed by atoms with Gasteiger partial charge >= 0.3 is 0 Å². The minimum Gasteiger partial charge on any atom is -0.413 e. The molecule has 0 radical (unpaired) electrons. The molecule has 0 amide bonds. The zero-order valence-electron chi connectivity index (χ0n) is 15.6. The molecule has 1 aromatic heterocycles. The average Bonchev–Trinajstić information content (AvgIpc) is 2.40. The monoisotopic (exact) mass is 373 g/mol. The van der Waals surface area contributed by atoms with Gasteiger partial charge in [0.2, 0.25) is 0 Å². The highest BCUT2D eigenvalue weighted by molar-refractivity contribution is 6.74. The van der Waals surface area contributed by atoms with E-state index < -0.39 is 13.2 Å². The summed E-state index contributed by atoms with van der Waals surface area (Å²) in [6.45, 7) is 15.6. The second-order valence-electron chi connectivity index (χ2n) is 7.60. The minimum absolute atomic E-state index is 0.0204. The highest BCUT2D eigenvalue weighted by Gasteiger charge is 2.38. The second kappa shape index (κ2) is 7.90. The Kier molecular flexibility index (Phi) is 6.92. The van der Waals surface area contributed by atoms with Crippen LogP contribution in [0.1, 0.15) is 39.0 Å². The van der Waals surface area contributed by atoms with Crippen molar-refractivity contribution in [2.45, 2.75) is 65.4 Å². The zero-order chi connectivity index (χ0) is 18.7. The number of rotatable bonds is 7. The Morgan fingerprint density at radius 3 is 2.54 bits per heavy atom. The SMILES string of the molecule is Cc1c(Cl)cnc(CNCC(C)O[Si](C)(C)C(C)(C)C)c1[N+](=O)[O-]. The lowest BCUT2D eigenvalue weighted by atomic mass is 10.2. The summed E-state index contributed by atoms with van der Waals surface area (Å²) in [6, 6.07) is 0. The predicted octanol–water partition coefficient (Wildman–Crippen LogP) is 4.45. The second-order valence-corrected chi connectivity index (χ2v) is 12.8. The van der Waals surface area contributed by atoms with Crippen LogP contribution in [-0.2, 0) is 11.0 Å². The van der Waals surface area contributed by atoms with Gasteiger partial charge in [0, 0.05) is 24.8 Å². The van der Waals surface area contributed by atoms with Gasteiger partial charge in [0.25, 0.3) is 5.69 Å². The van der Waals surface area contributed by atoms with Gasteiger partial charge in [-0.15, -0.1) is 0 Å². The maximum Gasteiger partial charge on any atom is 0.296 e. The fraction of sp³-hybridized carbons (Fsp3) is 0.688. The fourth-order valence-electron chi connectivity index (χ4n) is 2.11. The topological polar surface area (TPSA) is 77.3 Å². The summed E-state index contributed by atoms with van der Waals surface area (Å²) >= 11 is 5.93. The molecule has 0 aliphatic carbocycles. The third-order valence-corrected chi connectivity index (χ3v) is 9.51. The summed E-state index contributed by atoms with van der Waals surface area (Å²) in [4.78, 5) is 14.9. The number of hydrogen-bond donors (Lipinski definition) is 1. The Bertz CT molecular complexity index is 603. The van der Waals surface area contributed by atoms with Crippen LogP contribution in [0.3, 0.4) is 0 Å². The van der Waals surface area contributed by atoms with Gasteiger partial charge < -0.3 is 9.74 Å². The molecular formula is C16H28ClN3O3Si. The largest absolute Gasteiger partial charge is 0.413 e. The van der Waals surface area contributed by atoms with Crippen molar-refractivity contribution < 1.29 is 9.35 Å². The molecule has 0 saturated heterocycles. The van der Waals surface area contributed by atoms with Crippen molar-refractivity contribution in [3.8, 4) is 0 Å². The molecule has 1 aromatic rings. The molecule has 136 valence electrons. The van der Waals surface area contributed by atoms with Crippen LogP contribution in [0.5, 0.6) is 0 Å². The molecule has 24 heavy (non-hydrogen) atoms. The van der Waals surface area contributed by atoms with Gasteiger partial charge in [-0.3, -0.25) is 15.1 Å². The normalized spacial score (nSPS) is 13.8. The third kappa shape index (κ3) is 5.24. The molecule has 0 bridgehead atoms. The molecule has 1 N–H and O–H groups in total. The quantitative estimate of drug-likeness (QED) is 0.434. The van der Waals surface area contributed by atoms with Crippen LogP contribution in [0.2, 0.25) is 23.2 Å². The molecule has 8 heteroatoms. The van der Waals surface area contributed by atoms with E-state index in [1.807, 2.05) is 6.92 Å². The molecule has 0 spiro atoms. The number of aromatic nitrogens is 1. The summed E-state index contributed by atoms with van der Waals surface area (Å²) in [5, 5.41) is 14.9. The Morgan fingerprint density at radius 1 is 1.46 bits per heavy atom. The molecule has 0 saturated carbocycles. The van der Waals surface area contributed by atoms with Gasteiger partial charge in [-0.2, -0.15) is 0 Å². The standard InChI is InChI=1S/C16H28ClN3O3Si/c1-11(23-24(6,7)16(3,4)5)8-18-10-14-15(20(21)22)12(2)13(17)9-19-14/h9,11,18H,8,10H2,1-7H3. The Labute approximate surface area is 150 Å². The third-order valence-electron chi connectivity index (χ3n) is 4.53. The number of hydrogen-bond acceptors (Lipinski definition) is 5. The lowest BCUT2D eigenvalue weighted by Gasteiger charge is -2.38. The molecule has 1 atom stereocenters. The molecular weight excluding hydrogens is 346 g/mol. The Balaban J connectivity index is 2.69. The number of nitro groups is 1. The summed E-state index contributed by atoms with van der Waals surface area (Å²) < 4.78 is 6.26. The molecule has 1 heterocycles. The first-order valence-corrected chi connectivity index (χ1v) is 11.3. The summed E-state index contributed by atoms with van der Waals surface area (Å²) in [6.07, 6.45) is 1.48. The summed E-state index contributed by atoms with van der Waals surface area (Å²) in [5.74, 6) is 0. The van der Waals surface area contributed by atoms with Crippen molar-refractivity contribution in [1.82, 2.24) is 10.3 Å². The van der Waals surface area contributed by atoms with Crippen LogP contribution in [-0.4, -0.2) is 30.9 Å². The summed E-state index contributed by atoms with van der Waals surface area (Å²) in [5.41, 5.74) is 0.813. The Hall–Kier alpha value is -1.02. The van der Waals surface area contributed by atoms with Crippen LogP contribution in [0.25, 0.3) is 0 Å². The molecule has 6 nitrogen and oxygen atoms in total. The van der Waals surface area contributed by atoms with Crippen LogP contribution in [0, 0.1) is 17.0 Å². The van der Waals surface area contributed by atoms with Crippen molar-refractivity contribution >= 4 is 25.6 Å². The Morgan fingerprint density at radius 2 is 2.04 bits per heavy atom. The molecule has 1 rings (SSSR count). The number of nitrogens with zero attached hydrogens (tertiary/aromatic N) is 2. The van der Waals surface area contributed by atoms with Gasteiger partial charge in [-0.25, -0.2) is 0 Å². The van der Waals surface area contributed by atoms with Crippen molar-refractivity contribution in [3.63, 3.8) is 0 Å². The van der Waals surface area contributed by atoms with E-state index in [1.54, 1.807) is 6.92 Å². The van der Waals surface area contributed by atoms with Gasteiger partial charge in [0.15, 0.2) is 8.32 Å². The van der Waals surface area contributed by atoms with E-state index in [-0.39, 0.29) is 16.8 Å². The lowest BCUT2D eigenvalue weighted by Crippen LogP contribution is -2.45. The van der Waals surface area contributed by atoms with Crippen molar-refractivity contribution in [3.05, 3.63) is 32.6 Å². The van der Waals surface area contributed by atoms with Crippen molar-refractivity contribution in [2.75, 3.05) is 6.54 Å². The smallest absolute Gasteiger partial charge is 0.296 e.